The number of fused-ring (bicyclic) bond motifs is 1. The van der Waals surface area contributed by atoms with Gasteiger partial charge >= 0.3 is 0 Å². The van der Waals surface area contributed by atoms with E-state index in [1.54, 1.807) is 10.9 Å². The van der Waals surface area contributed by atoms with Crippen molar-refractivity contribution in [3.8, 4) is 0 Å². The number of halogens is 1. The molecule has 6 rings (SSSR count). The molecule has 0 saturated carbocycles. The molecule has 0 aliphatic carbocycles. The third-order valence-electron chi connectivity index (χ3n) is 7.16. The number of aromatic nitrogens is 5. The summed E-state index contributed by atoms with van der Waals surface area (Å²) in [5.41, 5.74) is 3.13. The van der Waals surface area contributed by atoms with Gasteiger partial charge in [0.05, 0.1) is 25.5 Å². The number of benzene rings is 2. The molecule has 4 heterocycles. The van der Waals surface area contributed by atoms with Crippen molar-refractivity contribution in [2.24, 2.45) is 0 Å². The monoisotopic (exact) mass is 544 g/mol. The van der Waals surface area contributed by atoms with Crippen LogP contribution >= 0.6 is 11.6 Å². The second kappa shape index (κ2) is 11.1. The fourth-order valence-corrected chi connectivity index (χ4v) is 5.45. The number of tetrazole rings is 1. The van der Waals surface area contributed by atoms with Crippen molar-refractivity contribution in [2.45, 2.75) is 51.5 Å². The van der Waals surface area contributed by atoms with Crippen LogP contribution in [0.1, 0.15) is 47.2 Å². The Morgan fingerprint density at radius 3 is 2.85 bits per heavy atom. The number of hydrogen-bond donors (Lipinski definition) is 1. The summed E-state index contributed by atoms with van der Waals surface area (Å²) in [6, 6.07) is 18.8. The maximum absolute atomic E-state index is 13.7. The van der Waals surface area contributed by atoms with Crippen molar-refractivity contribution in [3.63, 3.8) is 0 Å². The van der Waals surface area contributed by atoms with Gasteiger partial charge in [-0.1, -0.05) is 41.4 Å². The van der Waals surface area contributed by atoms with Crippen molar-refractivity contribution in [1.82, 2.24) is 30.1 Å². The lowest BCUT2D eigenvalue weighted by molar-refractivity contribution is 0.0901. The molecule has 39 heavy (non-hydrogen) atoms. The van der Waals surface area contributed by atoms with E-state index in [1.165, 1.54) is 0 Å². The lowest BCUT2D eigenvalue weighted by Crippen LogP contribution is -2.35. The Bertz CT molecular complexity index is 1620. The Balaban J connectivity index is 1.51. The van der Waals surface area contributed by atoms with Gasteiger partial charge in [0.1, 0.15) is 11.8 Å². The zero-order chi connectivity index (χ0) is 26.8. The van der Waals surface area contributed by atoms with Crippen LogP contribution in [0.25, 0.3) is 10.9 Å². The summed E-state index contributed by atoms with van der Waals surface area (Å²) in [6.07, 6.45) is 3.61. The van der Waals surface area contributed by atoms with Crippen LogP contribution in [0.15, 0.2) is 76.1 Å². The number of furan rings is 1. The van der Waals surface area contributed by atoms with Gasteiger partial charge < -0.3 is 14.1 Å². The summed E-state index contributed by atoms with van der Waals surface area (Å²) in [5.74, 6) is 1.31. The number of aromatic amines is 1. The third-order valence-corrected chi connectivity index (χ3v) is 7.53. The van der Waals surface area contributed by atoms with E-state index in [2.05, 4.69) is 31.5 Å². The van der Waals surface area contributed by atoms with Gasteiger partial charge in [0, 0.05) is 29.3 Å². The molecule has 1 fully saturated rings. The Morgan fingerprint density at radius 2 is 2.05 bits per heavy atom. The average Bonchev–Trinajstić information content (AvgIpc) is 3.71. The SMILES string of the molecule is Cc1ccc2[nH]c(=O)c([C@H](c3nnnn3C[C@H]3CCCO3)N(Cc3ccco3)Cc3ccccc3Cl)cc2c1. The summed E-state index contributed by atoms with van der Waals surface area (Å²) in [7, 11) is 0. The van der Waals surface area contributed by atoms with Gasteiger partial charge in [0.15, 0.2) is 5.82 Å². The maximum Gasteiger partial charge on any atom is 0.253 e. The van der Waals surface area contributed by atoms with Crippen LogP contribution in [-0.4, -0.2) is 42.8 Å². The van der Waals surface area contributed by atoms with Crippen LogP contribution in [0.2, 0.25) is 5.02 Å². The van der Waals surface area contributed by atoms with Gasteiger partial charge in [-0.3, -0.25) is 9.69 Å². The molecule has 2 aromatic carbocycles. The number of pyridine rings is 1. The van der Waals surface area contributed by atoms with Crippen molar-refractivity contribution >= 4 is 22.5 Å². The van der Waals surface area contributed by atoms with E-state index in [1.807, 2.05) is 61.5 Å². The molecule has 1 saturated heterocycles. The Hall–Kier alpha value is -3.79. The first-order valence-electron chi connectivity index (χ1n) is 13.1. The topological polar surface area (TPSA) is 102 Å². The van der Waals surface area contributed by atoms with Crippen LogP contribution in [0.4, 0.5) is 0 Å². The van der Waals surface area contributed by atoms with E-state index in [4.69, 9.17) is 20.8 Å². The molecule has 200 valence electrons. The summed E-state index contributed by atoms with van der Waals surface area (Å²) >= 11 is 6.62. The summed E-state index contributed by atoms with van der Waals surface area (Å²) < 4.78 is 13.4. The number of rotatable bonds is 9. The van der Waals surface area contributed by atoms with Crippen molar-refractivity contribution in [3.05, 3.63) is 111 Å². The molecule has 0 spiro atoms. The molecule has 5 aromatic rings. The number of H-pyrrole nitrogens is 1. The molecule has 0 unspecified atom stereocenters. The first kappa shape index (κ1) is 25.5. The quantitative estimate of drug-likeness (QED) is 0.277. The first-order valence-corrected chi connectivity index (χ1v) is 13.4. The molecular weight excluding hydrogens is 516 g/mol. The number of aryl methyl sites for hydroxylation is 1. The fraction of sp³-hybridized carbons (Fsp3) is 0.310. The lowest BCUT2D eigenvalue weighted by Gasteiger charge is -2.31. The Kier molecular flexibility index (Phi) is 7.28. The van der Waals surface area contributed by atoms with Gasteiger partial charge in [0.2, 0.25) is 0 Å². The van der Waals surface area contributed by atoms with Gasteiger partial charge in [-0.2, -0.15) is 0 Å². The van der Waals surface area contributed by atoms with E-state index >= 15 is 0 Å². The summed E-state index contributed by atoms with van der Waals surface area (Å²) in [5, 5.41) is 14.4. The van der Waals surface area contributed by atoms with Gasteiger partial charge in [0.25, 0.3) is 5.56 Å². The molecule has 0 amide bonds. The van der Waals surface area contributed by atoms with E-state index < -0.39 is 6.04 Å². The standard InChI is InChI=1S/C29H29ClN6O3/c1-19-10-11-26-21(14-19)15-24(29(37)31-26)27(28-32-33-34-36(28)18-23-8-5-13-39-23)35(17-22-7-4-12-38-22)16-20-6-2-3-9-25(20)30/h2-4,6-7,9-12,14-15,23,27H,5,8,13,16-18H2,1H3,(H,31,37)/t23-,27-/m1/s1. The second-order valence-corrected chi connectivity index (χ2v) is 10.4. The van der Waals surface area contributed by atoms with Crippen LogP contribution in [0.3, 0.4) is 0 Å². The van der Waals surface area contributed by atoms with E-state index in [9.17, 15) is 4.79 Å². The largest absolute Gasteiger partial charge is 0.468 e. The third kappa shape index (κ3) is 5.52. The number of nitrogens with zero attached hydrogens (tertiary/aromatic N) is 5. The number of hydrogen-bond acceptors (Lipinski definition) is 7. The maximum atomic E-state index is 13.7. The average molecular weight is 545 g/mol. The molecule has 1 aliphatic heterocycles. The zero-order valence-electron chi connectivity index (χ0n) is 21.6. The van der Waals surface area contributed by atoms with Crippen molar-refractivity contribution < 1.29 is 9.15 Å². The molecule has 9 nitrogen and oxygen atoms in total. The van der Waals surface area contributed by atoms with Crippen LogP contribution in [0.5, 0.6) is 0 Å². The lowest BCUT2D eigenvalue weighted by atomic mass is 10.0. The van der Waals surface area contributed by atoms with E-state index in [-0.39, 0.29) is 11.7 Å². The fourth-order valence-electron chi connectivity index (χ4n) is 5.25. The van der Waals surface area contributed by atoms with E-state index in [0.717, 1.165) is 47.2 Å². The molecule has 10 heteroatoms. The Labute approximate surface area is 230 Å². The first-order chi connectivity index (χ1) is 19.0. The predicted octanol–water partition coefficient (Wildman–Crippen LogP) is 5.04. The predicted molar refractivity (Wildman–Crippen MR) is 147 cm³/mol. The van der Waals surface area contributed by atoms with Crippen molar-refractivity contribution in [1.29, 1.82) is 0 Å². The minimum Gasteiger partial charge on any atom is -0.468 e. The summed E-state index contributed by atoms with van der Waals surface area (Å²) in [4.78, 5) is 18.9. The highest BCUT2D eigenvalue weighted by Crippen LogP contribution is 2.32. The molecule has 2 atom stereocenters. The van der Waals surface area contributed by atoms with Gasteiger partial charge in [-0.05, 0) is 77.5 Å². The molecule has 3 aromatic heterocycles. The smallest absolute Gasteiger partial charge is 0.253 e. The van der Waals surface area contributed by atoms with Gasteiger partial charge in [-0.15, -0.1) is 5.10 Å². The molecular formula is C29H29ClN6O3. The summed E-state index contributed by atoms with van der Waals surface area (Å²) in [6.45, 7) is 4.10. The second-order valence-electron chi connectivity index (χ2n) is 9.98. The molecule has 1 N–H and O–H groups in total. The zero-order valence-corrected chi connectivity index (χ0v) is 22.3. The minimum absolute atomic E-state index is 0.0209. The number of ether oxygens (including phenoxy) is 1. The highest BCUT2D eigenvalue weighted by atomic mass is 35.5. The van der Waals surface area contributed by atoms with E-state index in [0.29, 0.717) is 36.0 Å². The highest BCUT2D eigenvalue weighted by molar-refractivity contribution is 6.31. The molecule has 1 aliphatic rings. The molecule has 0 radical (unpaired) electrons. The highest BCUT2D eigenvalue weighted by Gasteiger charge is 2.32. The normalized spacial score (nSPS) is 16.3. The van der Waals surface area contributed by atoms with Crippen molar-refractivity contribution in [2.75, 3.05) is 6.61 Å². The van der Waals surface area contributed by atoms with Crippen LogP contribution in [0, 0.1) is 6.92 Å². The number of nitrogens with one attached hydrogen (secondary N) is 1. The van der Waals surface area contributed by atoms with Crippen LogP contribution in [-0.2, 0) is 24.4 Å². The Morgan fingerprint density at radius 1 is 1.15 bits per heavy atom. The minimum atomic E-state index is -0.601. The molecule has 0 bridgehead atoms. The van der Waals surface area contributed by atoms with Crippen LogP contribution < -0.4 is 5.56 Å². The van der Waals surface area contributed by atoms with Gasteiger partial charge in [-0.25, -0.2) is 4.68 Å².